The molecule has 1 aromatic rings. The van der Waals surface area contributed by atoms with Crippen molar-refractivity contribution in [2.75, 3.05) is 12.4 Å². The molecule has 1 fully saturated rings. The monoisotopic (exact) mass is 292 g/mol. The van der Waals surface area contributed by atoms with E-state index < -0.39 is 4.92 Å². The number of carbonyl (C=O) groups is 1. The van der Waals surface area contributed by atoms with Crippen molar-refractivity contribution in [3.63, 3.8) is 0 Å². The molecule has 2 unspecified atom stereocenters. The van der Waals surface area contributed by atoms with Gasteiger partial charge in [-0.15, -0.1) is 0 Å². The second kappa shape index (κ2) is 6.07. The van der Waals surface area contributed by atoms with E-state index in [1.807, 2.05) is 18.7 Å². The average molecular weight is 292 g/mol. The molecule has 1 N–H and O–H groups in total. The van der Waals surface area contributed by atoms with Crippen molar-refractivity contribution >= 4 is 17.4 Å². The van der Waals surface area contributed by atoms with Gasteiger partial charge in [-0.1, -0.05) is 6.92 Å². The zero-order chi connectivity index (χ0) is 15.6. The lowest BCUT2D eigenvalue weighted by Gasteiger charge is -2.28. The van der Waals surface area contributed by atoms with Crippen LogP contribution < -0.4 is 5.32 Å². The van der Waals surface area contributed by atoms with Crippen LogP contribution in [-0.4, -0.2) is 39.8 Å². The first-order chi connectivity index (χ1) is 9.99. The van der Waals surface area contributed by atoms with E-state index in [9.17, 15) is 14.9 Å². The highest BCUT2D eigenvalue weighted by Crippen LogP contribution is 2.30. The predicted octanol–water partition coefficient (Wildman–Crippen LogP) is 2.43. The molecule has 1 aromatic heterocycles. The normalized spacial score (nSPS) is 21.4. The maximum absolute atomic E-state index is 12.8. The SMILES string of the molecule is CCC1CCC(C)N1C(=O)c1cc([N+](=O)[O-])cnc1NC. The molecule has 0 radical (unpaired) electrons. The van der Waals surface area contributed by atoms with Gasteiger partial charge in [-0.05, 0) is 26.2 Å². The summed E-state index contributed by atoms with van der Waals surface area (Å²) in [4.78, 5) is 29.0. The van der Waals surface area contributed by atoms with Gasteiger partial charge in [0.1, 0.15) is 12.0 Å². The summed E-state index contributed by atoms with van der Waals surface area (Å²) < 4.78 is 0. The fourth-order valence-electron chi connectivity index (χ4n) is 2.89. The first-order valence-corrected chi connectivity index (χ1v) is 7.14. The molecule has 114 valence electrons. The highest BCUT2D eigenvalue weighted by Gasteiger charge is 2.35. The Hall–Kier alpha value is -2.18. The number of nitrogens with one attached hydrogen (secondary N) is 1. The van der Waals surface area contributed by atoms with Gasteiger partial charge in [0.15, 0.2) is 0 Å². The average Bonchev–Trinajstić information content (AvgIpc) is 2.86. The first kappa shape index (κ1) is 15.2. The number of anilines is 1. The van der Waals surface area contributed by atoms with Crippen molar-refractivity contribution in [1.29, 1.82) is 0 Å². The molecule has 1 saturated heterocycles. The number of likely N-dealkylation sites (tertiary alicyclic amines) is 1. The Morgan fingerprint density at radius 3 is 2.86 bits per heavy atom. The molecule has 2 atom stereocenters. The van der Waals surface area contributed by atoms with E-state index in [4.69, 9.17) is 0 Å². The Morgan fingerprint density at radius 2 is 2.29 bits per heavy atom. The van der Waals surface area contributed by atoms with Crippen LogP contribution in [0.15, 0.2) is 12.3 Å². The Morgan fingerprint density at radius 1 is 1.57 bits per heavy atom. The third-order valence-corrected chi connectivity index (χ3v) is 4.04. The van der Waals surface area contributed by atoms with Crippen molar-refractivity contribution in [3.05, 3.63) is 27.9 Å². The summed E-state index contributed by atoms with van der Waals surface area (Å²) in [5.74, 6) is 0.187. The molecule has 0 saturated carbocycles. The van der Waals surface area contributed by atoms with Crippen LogP contribution in [0.1, 0.15) is 43.5 Å². The van der Waals surface area contributed by atoms with Crippen LogP contribution >= 0.6 is 0 Å². The largest absolute Gasteiger partial charge is 0.372 e. The molecule has 0 bridgehead atoms. The summed E-state index contributed by atoms with van der Waals surface area (Å²) in [6.45, 7) is 4.06. The third kappa shape index (κ3) is 2.81. The predicted molar refractivity (Wildman–Crippen MR) is 79.4 cm³/mol. The molecule has 21 heavy (non-hydrogen) atoms. The fraction of sp³-hybridized carbons (Fsp3) is 0.571. The van der Waals surface area contributed by atoms with Crippen molar-refractivity contribution in [2.45, 2.75) is 45.2 Å². The van der Waals surface area contributed by atoms with Crippen LogP contribution in [0.25, 0.3) is 0 Å². The van der Waals surface area contributed by atoms with Gasteiger partial charge in [-0.25, -0.2) is 4.98 Å². The van der Waals surface area contributed by atoms with Crippen LogP contribution in [0.4, 0.5) is 11.5 Å². The van der Waals surface area contributed by atoms with E-state index in [2.05, 4.69) is 10.3 Å². The number of nitro groups is 1. The van der Waals surface area contributed by atoms with E-state index in [1.165, 1.54) is 6.07 Å². The van der Waals surface area contributed by atoms with E-state index in [1.54, 1.807) is 7.05 Å². The van der Waals surface area contributed by atoms with Gasteiger partial charge < -0.3 is 10.2 Å². The molecule has 7 heteroatoms. The number of hydrogen-bond acceptors (Lipinski definition) is 5. The van der Waals surface area contributed by atoms with Crippen molar-refractivity contribution in [3.8, 4) is 0 Å². The zero-order valence-corrected chi connectivity index (χ0v) is 12.5. The highest BCUT2D eigenvalue weighted by atomic mass is 16.6. The second-order valence-corrected chi connectivity index (χ2v) is 5.30. The second-order valence-electron chi connectivity index (χ2n) is 5.30. The maximum Gasteiger partial charge on any atom is 0.288 e. The molecule has 7 nitrogen and oxygen atoms in total. The summed E-state index contributed by atoms with van der Waals surface area (Å²) in [6, 6.07) is 1.64. The van der Waals surface area contributed by atoms with Crippen LogP contribution in [-0.2, 0) is 0 Å². The molecule has 1 amide bonds. The van der Waals surface area contributed by atoms with Crippen molar-refractivity contribution < 1.29 is 9.72 Å². The number of rotatable bonds is 4. The van der Waals surface area contributed by atoms with Gasteiger partial charge in [0.2, 0.25) is 0 Å². The Kier molecular flexibility index (Phi) is 4.40. The van der Waals surface area contributed by atoms with E-state index in [-0.39, 0.29) is 29.2 Å². The molecule has 0 aromatic carbocycles. The number of nitrogens with zero attached hydrogens (tertiary/aromatic N) is 3. The summed E-state index contributed by atoms with van der Waals surface area (Å²) >= 11 is 0. The standard InChI is InChI=1S/C14H20N4O3/c1-4-10-6-5-9(2)17(10)14(19)12-7-11(18(20)21)8-16-13(12)15-3/h7-10H,4-6H2,1-3H3,(H,15,16). The molecule has 0 spiro atoms. The molecule has 0 aliphatic carbocycles. The van der Waals surface area contributed by atoms with Crippen molar-refractivity contribution in [2.24, 2.45) is 0 Å². The molecular formula is C14H20N4O3. The minimum Gasteiger partial charge on any atom is -0.372 e. The van der Waals surface area contributed by atoms with Gasteiger partial charge in [0.05, 0.1) is 10.5 Å². The molecule has 1 aliphatic rings. The van der Waals surface area contributed by atoms with Gasteiger partial charge in [0.25, 0.3) is 11.6 Å². The van der Waals surface area contributed by atoms with E-state index in [0.29, 0.717) is 5.82 Å². The minimum absolute atomic E-state index is 0.145. The summed E-state index contributed by atoms with van der Waals surface area (Å²) in [5.41, 5.74) is 0.0937. The van der Waals surface area contributed by atoms with Gasteiger partial charge in [-0.3, -0.25) is 14.9 Å². The third-order valence-electron chi connectivity index (χ3n) is 4.04. The van der Waals surface area contributed by atoms with Crippen molar-refractivity contribution in [1.82, 2.24) is 9.88 Å². The Bertz CT molecular complexity index is 561. The van der Waals surface area contributed by atoms with Crippen LogP contribution in [0.3, 0.4) is 0 Å². The highest BCUT2D eigenvalue weighted by molar-refractivity contribution is 5.99. The van der Waals surface area contributed by atoms with E-state index in [0.717, 1.165) is 25.5 Å². The lowest BCUT2D eigenvalue weighted by molar-refractivity contribution is -0.385. The lowest BCUT2D eigenvalue weighted by Crippen LogP contribution is -2.40. The van der Waals surface area contributed by atoms with Gasteiger partial charge >= 0.3 is 0 Å². The minimum atomic E-state index is -0.534. The van der Waals surface area contributed by atoms with E-state index >= 15 is 0 Å². The van der Waals surface area contributed by atoms with Gasteiger partial charge in [-0.2, -0.15) is 0 Å². The number of hydrogen-bond donors (Lipinski definition) is 1. The zero-order valence-electron chi connectivity index (χ0n) is 12.5. The Labute approximate surface area is 123 Å². The number of aromatic nitrogens is 1. The number of carbonyl (C=O) groups excluding carboxylic acids is 1. The molecular weight excluding hydrogens is 272 g/mol. The van der Waals surface area contributed by atoms with Gasteiger partial charge in [0, 0.05) is 25.2 Å². The number of pyridine rings is 1. The topological polar surface area (TPSA) is 88.4 Å². The first-order valence-electron chi connectivity index (χ1n) is 7.14. The smallest absolute Gasteiger partial charge is 0.288 e. The lowest BCUT2D eigenvalue weighted by atomic mass is 10.1. The molecule has 2 heterocycles. The molecule has 1 aliphatic heterocycles. The summed E-state index contributed by atoms with van der Waals surface area (Å²) in [7, 11) is 1.65. The molecule has 2 rings (SSSR count). The van der Waals surface area contributed by atoms with Crippen LogP contribution in [0, 0.1) is 10.1 Å². The van der Waals surface area contributed by atoms with Crippen LogP contribution in [0.2, 0.25) is 0 Å². The quantitative estimate of drug-likeness (QED) is 0.680. The Balaban J connectivity index is 2.41. The summed E-state index contributed by atoms with van der Waals surface area (Å²) in [5, 5.41) is 13.7. The summed E-state index contributed by atoms with van der Waals surface area (Å²) in [6.07, 6.45) is 3.97. The maximum atomic E-state index is 12.8. The van der Waals surface area contributed by atoms with Crippen LogP contribution in [0.5, 0.6) is 0 Å². The fourth-order valence-corrected chi connectivity index (χ4v) is 2.89. The number of amides is 1.